The molecule has 0 bridgehead atoms. The van der Waals surface area contributed by atoms with E-state index < -0.39 is 0 Å². The number of hydrogen-bond acceptors (Lipinski definition) is 5. The highest BCUT2D eigenvalue weighted by Crippen LogP contribution is 2.38. The van der Waals surface area contributed by atoms with Crippen molar-refractivity contribution in [2.75, 3.05) is 57.5 Å². The standard InChI is InChI=1S/C24H30N3O2S/c1-24(2,3)19-14-18(27-8-12-29-13-9-27)16-22-23(19)25-20-5-4-17(15-21(20)30-22)26-6-10-28-11-7-26/h4-5,14-16H,6-13H2,1-3H3/q+1. The van der Waals surface area contributed by atoms with Gasteiger partial charge in [-0.1, -0.05) is 20.8 Å². The van der Waals surface area contributed by atoms with Gasteiger partial charge in [0.05, 0.1) is 34.0 Å². The van der Waals surface area contributed by atoms with E-state index in [1.165, 1.54) is 26.2 Å². The molecular weight excluding hydrogens is 394 g/mol. The van der Waals surface area contributed by atoms with Gasteiger partial charge in [-0.2, -0.15) is 0 Å². The van der Waals surface area contributed by atoms with Gasteiger partial charge >= 0.3 is 0 Å². The largest absolute Gasteiger partial charge is 0.378 e. The normalized spacial score (nSPS) is 18.4. The van der Waals surface area contributed by atoms with Crippen LogP contribution in [0.4, 0.5) is 5.69 Å². The predicted molar refractivity (Wildman–Crippen MR) is 124 cm³/mol. The summed E-state index contributed by atoms with van der Waals surface area (Å²) in [5.74, 6) is 0. The van der Waals surface area contributed by atoms with Crippen molar-refractivity contribution in [2.24, 2.45) is 0 Å². The van der Waals surface area contributed by atoms with E-state index in [1.807, 2.05) is 11.3 Å². The molecule has 5 rings (SSSR count). The quantitative estimate of drug-likeness (QED) is 0.444. The molecule has 2 saturated heterocycles. The fourth-order valence-corrected chi connectivity index (χ4v) is 5.36. The molecule has 2 fully saturated rings. The summed E-state index contributed by atoms with van der Waals surface area (Å²) in [6, 6.07) is 11.4. The summed E-state index contributed by atoms with van der Waals surface area (Å²) in [5.41, 5.74) is 4.85. The molecular formula is C24H30N3O2S+. The summed E-state index contributed by atoms with van der Waals surface area (Å²) in [6.45, 7) is 13.8. The van der Waals surface area contributed by atoms with Crippen molar-refractivity contribution in [3.63, 3.8) is 0 Å². The number of nitrogens with zero attached hydrogens (tertiary/aromatic N) is 3. The Hall–Kier alpha value is -2.02. The van der Waals surface area contributed by atoms with Crippen molar-refractivity contribution in [3.05, 3.63) is 41.3 Å². The van der Waals surface area contributed by atoms with Crippen LogP contribution in [0.5, 0.6) is 0 Å². The molecule has 0 N–H and O–H groups in total. The molecule has 1 aliphatic carbocycles. The maximum absolute atomic E-state index is 5.57. The lowest BCUT2D eigenvalue weighted by Crippen LogP contribution is -2.39. The molecule has 1 aromatic rings. The van der Waals surface area contributed by atoms with Gasteiger partial charge in [-0.05, 0) is 29.2 Å². The topological polar surface area (TPSA) is 37.6 Å². The lowest BCUT2D eigenvalue weighted by molar-refractivity contribution is 0.0966. The van der Waals surface area contributed by atoms with Crippen LogP contribution in [0.1, 0.15) is 26.3 Å². The lowest BCUT2D eigenvalue weighted by atomic mass is 9.86. The van der Waals surface area contributed by atoms with Gasteiger partial charge in [0.1, 0.15) is 13.2 Å². The predicted octanol–water partition coefficient (Wildman–Crippen LogP) is 3.34. The van der Waals surface area contributed by atoms with Crippen LogP contribution in [0.15, 0.2) is 30.3 Å². The highest BCUT2D eigenvalue weighted by atomic mass is 32.1. The third-order valence-electron chi connectivity index (χ3n) is 6.02. The fourth-order valence-electron chi connectivity index (χ4n) is 4.30. The molecule has 158 valence electrons. The average Bonchev–Trinajstić information content (AvgIpc) is 2.77. The maximum atomic E-state index is 5.57. The van der Waals surface area contributed by atoms with Crippen molar-refractivity contribution in [3.8, 4) is 10.6 Å². The molecule has 0 aromatic heterocycles. The van der Waals surface area contributed by atoms with E-state index in [0.717, 1.165) is 63.8 Å². The second kappa shape index (κ2) is 7.91. The zero-order valence-corrected chi connectivity index (χ0v) is 18.9. The van der Waals surface area contributed by atoms with Gasteiger partial charge in [0, 0.05) is 30.9 Å². The molecule has 4 aliphatic rings. The minimum atomic E-state index is 0.0294. The Morgan fingerprint density at radius 2 is 1.70 bits per heavy atom. The van der Waals surface area contributed by atoms with E-state index in [9.17, 15) is 0 Å². The number of anilines is 1. The number of morpholine rings is 2. The van der Waals surface area contributed by atoms with Crippen LogP contribution in [0, 0.1) is 0 Å². The molecule has 5 nitrogen and oxygen atoms in total. The Bertz CT molecular complexity index is 1100. The molecule has 0 amide bonds. The first-order valence-electron chi connectivity index (χ1n) is 10.9. The van der Waals surface area contributed by atoms with E-state index in [-0.39, 0.29) is 5.41 Å². The number of rotatable bonds is 1. The molecule has 0 radical (unpaired) electrons. The number of ether oxygens (including phenoxy) is 2. The molecule has 30 heavy (non-hydrogen) atoms. The molecule has 0 unspecified atom stereocenters. The number of fused-ring (bicyclic) bond motifs is 2. The maximum Gasteiger partial charge on any atom is 0.201 e. The summed E-state index contributed by atoms with van der Waals surface area (Å²) >= 11 is 1.86. The summed E-state index contributed by atoms with van der Waals surface area (Å²) < 4.78 is 14.8. The Morgan fingerprint density at radius 1 is 0.967 bits per heavy atom. The van der Waals surface area contributed by atoms with Gasteiger partial charge in [0.25, 0.3) is 0 Å². The Balaban J connectivity index is 1.70. The Morgan fingerprint density at radius 3 is 2.43 bits per heavy atom. The molecule has 6 heteroatoms. The minimum Gasteiger partial charge on any atom is -0.378 e. The third-order valence-corrected chi connectivity index (χ3v) is 7.09. The van der Waals surface area contributed by atoms with Gasteiger partial charge < -0.3 is 14.4 Å². The average molecular weight is 425 g/mol. The van der Waals surface area contributed by atoms with Crippen molar-refractivity contribution in [1.82, 2.24) is 9.56 Å². The third kappa shape index (κ3) is 3.84. The van der Waals surface area contributed by atoms with Crippen LogP contribution < -0.4 is 14.8 Å². The highest BCUT2D eigenvalue weighted by molar-refractivity contribution is 7.21. The van der Waals surface area contributed by atoms with Crippen molar-refractivity contribution in [2.45, 2.75) is 26.2 Å². The molecule has 3 heterocycles. The van der Waals surface area contributed by atoms with Crippen LogP contribution in [0.2, 0.25) is 0 Å². The number of hydrogen-bond donors (Lipinski definition) is 0. The second-order valence-corrected chi connectivity index (χ2v) is 10.2. The molecule has 0 atom stereocenters. The van der Waals surface area contributed by atoms with Crippen LogP contribution in [0.25, 0.3) is 20.8 Å². The van der Waals surface area contributed by atoms with Crippen molar-refractivity contribution < 1.29 is 9.47 Å². The van der Waals surface area contributed by atoms with E-state index in [0.29, 0.717) is 0 Å². The molecule has 0 saturated carbocycles. The summed E-state index contributed by atoms with van der Waals surface area (Å²) in [5, 5.41) is 1.27. The molecule has 1 aromatic carbocycles. The van der Waals surface area contributed by atoms with Gasteiger partial charge in [-0.25, -0.2) is 9.56 Å². The second-order valence-electron chi connectivity index (χ2n) is 9.15. The van der Waals surface area contributed by atoms with Crippen LogP contribution in [-0.2, 0) is 14.9 Å². The first kappa shape index (κ1) is 19.9. The van der Waals surface area contributed by atoms with Gasteiger partial charge in [-0.15, -0.1) is 11.3 Å². The first-order valence-corrected chi connectivity index (χ1v) is 11.7. The zero-order chi connectivity index (χ0) is 20.7. The SMILES string of the molecule is CC(C)(C)c1cc(N2CCOCC2)cc2sc3cc(=[N+]4CCOCC4)ccc-3nc12. The van der Waals surface area contributed by atoms with Crippen LogP contribution in [0.3, 0.4) is 0 Å². The summed E-state index contributed by atoms with van der Waals surface area (Å²) in [4.78, 5) is 8.83. The van der Waals surface area contributed by atoms with Gasteiger partial charge in [0.15, 0.2) is 13.1 Å². The Labute approximate surface area is 181 Å². The summed E-state index contributed by atoms with van der Waals surface area (Å²) in [6.07, 6.45) is 0. The van der Waals surface area contributed by atoms with E-state index >= 15 is 0 Å². The number of aromatic nitrogens is 1. The first-order chi connectivity index (χ1) is 14.5. The van der Waals surface area contributed by atoms with Crippen LogP contribution in [-0.4, -0.2) is 57.6 Å². The smallest absolute Gasteiger partial charge is 0.201 e. The van der Waals surface area contributed by atoms with E-state index in [1.54, 1.807) is 0 Å². The van der Waals surface area contributed by atoms with Crippen molar-refractivity contribution in [1.29, 1.82) is 0 Å². The minimum absolute atomic E-state index is 0.0294. The molecule has 3 aliphatic heterocycles. The Kier molecular flexibility index (Phi) is 5.25. The van der Waals surface area contributed by atoms with E-state index in [2.05, 4.69) is 60.6 Å². The van der Waals surface area contributed by atoms with Gasteiger partial charge in [0.2, 0.25) is 5.36 Å². The zero-order valence-electron chi connectivity index (χ0n) is 18.1. The van der Waals surface area contributed by atoms with Crippen molar-refractivity contribution >= 4 is 27.2 Å². The van der Waals surface area contributed by atoms with Crippen LogP contribution >= 0.6 is 11.3 Å². The van der Waals surface area contributed by atoms with E-state index in [4.69, 9.17) is 14.5 Å². The van der Waals surface area contributed by atoms with Gasteiger partial charge in [-0.3, -0.25) is 0 Å². The lowest BCUT2D eigenvalue weighted by Gasteiger charge is -2.31. The highest BCUT2D eigenvalue weighted by Gasteiger charge is 2.23. The number of benzene rings is 2. The molecule has 0 spiro atoms. The monoisotopic (exact) mass is 424 g/mol. The fraction of sp³-hybridized carbons (Fsp3) is 0.500. The summed E-state index contributed by atoms with van der Waals surface area (Å²) in [7, 11) is 0.